The molecule has 7 nitrogen and oxygen atoms in total. The van der Waals surface area contributed by atoms with Crippen LogP contribution in [0.1, 0.15) is 48.2 Å². The van der Waals surface area contributed by atoms with Gasteiger partial charge < -0.3 is 10.2 Å². The van der Waals surface area contributed by atoms with Gasteiger partial charge in [0, 0.05) is 50.2 Å². The maximum Gasteiger partial charge on any atom is 0.255 e. The second kappa shape index (κ2) is 7.05. The van der Waals surface area contributed by atoms with Crippen molar-refractivity contribution in [2.45, 2.75) is 57.9 Å². The number of piperidine rings is 1. The van der Waals surface area contributed by atoms with E-state index in [1.54, 1.807) is 4.90 Å². The normalized spacial score (nSPS) is 29.0. The summed E-state index contributed by atoms with van der Waals surface area (Å²) in [5.74, 6) is -0.735. The molecule has 3 amide bonds. The van der Waals surface area contributed by atoms with Gasteiger partial charge in [-0.3, -0.25) is 24.6 Å². The van der Waals surface area contributed by atoms with Crippen molar-refractivity contribution in [3.8, 4) is 0 Å². The minimum Gasteiger partial charge on any atom is -0.322 e. The molecule has 3 aliphatic heterocycles. The lowest BCUT2D eigenvalue weighted by Gasteiger charge is -2.37. The maximum absolute atomic E-state index is 12.9. The highest BCUT2D eigenvalue weighted by atomic mass is 16.2. The number of piperazine rings is 1. The van der Waals surface area contributed by atoms with Crippen molar-refractivity contribution >= 4 is 17.7 Å². The Labute approximate surface area is 159 Å². The molecule has 0 saturated carbocycles. The fraction of sp³-hybridized carbons (Fsp3) is 0.550. The Bertz CT molecular complexity index is 793. The Morgan fingerprint density at radius 2 is 2.00 bits per heavy atom. The third-order valence-corrected chi connectivity index (χ3v) is 5.87. The molecule has 0 aliphatic carbocycles. The molecule has 0 aromatic heterocycles. The number of rotatable bonds is 3. The third-order valence-electron chi connectivity index (χ3n) is 5.87. The summed E-state index contributed by atoms with van der Waals surface area (Å²) < 4.78 is 0. The Morgan fingerprint density at radius 3 is 2.78 bits per heavy atom. The molecule has 144 valence electrons. The van der Waals surface area contributed by atoms with E-state index in [9.17, 15) is 14.4 Å². The van der Waals surface area contributed by atoms with Crippen LogP contribution in [0.3, 0.4) is 0 Å². The summed E-state index contributed by atoms with van der Waals surface area (Å²) >= 11 is 0. The summed E-state index contributed by atoms with van der Waals surface area (Å²) in [6.45, 7) is 7.59. The first-order chi connectivity index (χ1) is 12.9. The fourth-order valence-corrected chi connectivity index (χ4v) is 4.25. The number of nitrogens with one attached hydrogen (secondary N) is 2. The van der Waals surface area contributed by atoms with Gasteiger partial charge in [-0.1, -0.05) is 12.1 Å². The SMILES string of the molecule is CC1CN(Cc2ccc3c(c2)C(=O)N(C2CCC(=O)NC2=O)C3)C(C)CN1. The van der Waals surface area contributed by atoms with Gasteiger partial charge in [0.15, 0.2) is 0 Å². The predicted molar refractivity (Wildman–Crippen MR) is 99.8 cm³/mol. The number of carbonyl (C=O) groups is 3. The lowest BCUT2D eigenvalue weighted by Crippen LogP contribution is -2.53. The number of amides is 3. The molecule has 7 heteroatoms. The zero-order chi connectivity index (χ0) is 19.1. The van der Waals surface area contributed by atoms with Crippen LogP contribution in [0.15, 0.2) is 18.2 Å². The highest BCUT2D eigenvalue weighted by Crippen LogP contribution is 2.28. The number of nitrogens with zero attached hydrogens (tertiary/aromatic N) is 2. The summed E-state index contributed by atoms with van der Waals surface area (Å²) in [6.07, 6.45) is 0.675. The van der Waals surface area contributed by atoms with Gasteiger partial charge in [-0.25, -0.2) is 0 Å². The molecule has 4 rings (SSSR count). The lowest BCUT2D eigenvalue weighted by atomic mass is 10.0. The van der Waals surface area contributed by atoms with E-state index in [1.165, 1.54) is 0 Å². The lowest BCUT2D eigenvalue weighted by molar-refractivity contribution is -0.136. The molecule has 0 spiro atoms. The van der Waals surface area contributed by atoms with E-state index in [0.29, 0.717) is 30.6 Å². The average molecular weight is 370 g/mol. The van der Waals surface area contributed by atoms with Gasteiger partial charge in [-0.15, -0.1) is 0 Å². The first-order valence-corrected chi connectivity index (χ1v) is 9.66. The van der Waals surface area contributed by atoms with Gasteiger partial charge in [0.25, 0.3) is 5.91 Å². The van der Waals surface area contributed by atoms with Gasteiger partial charge in [-0.05, 0) is 37.5 Å². The molecule has 3 heterocycles. The van der Waals surface area contributed by atoms with Crippen molar-refractivity contribution in [2.75, 3.05) is 13.1 Å². The van der Waals surface area contributed by atoms with Crippen molar-refractivity contribution in [3.63, 3.8) is 0 Å². The average Bonchev–Trinajstić information content (AvgIpc) is 2.95. The Kier molecular flexibility index (Phi) is 4.74. The third kappa shape index (κ3) is 3.49. The molecule has 3 aliphatic rings. The van der Waals surface area contributed by atoms with Crippen molar-refractivity contribution in [2.24, 2.45) is 0 Å². The standard InChI is InChI=1S/C20H26N4O3/c1-12-9-23(13(2)8-21-12)10-14-3-4-15-11-24(20(27)16(15)7-14)17-5-6-18(25)22-19(17)26/h3-4,7,12-13,17,21H,5-6,8-11H2,1-2H3,(H,22,25,26). The van der Waals surface area contributed by atoms with Crippen LogP contribution in [-0.2, 0) is 22.7 Å². The number of carbonyl (C=O) groups excluding carboxylic acids is 3. The first-order valence-electron chi connectivity index (χ1n) is 9.66. The molecule has 0 radical (unpaired) electrons. The summed E-state index contributed by atoms with van der Waals surface area (Å²) in [5, 5.41) is 5.83. The predicted octanol–water partition coefficient (Wildman–Crippen LogP) is 0.630. The number of hydrogen-bond acceptors (Lipinski definition) is 5. The van der Waals surface area contributed by atoms with Gasteiger partial charge >= 0.3 is 0 Å². The molecule has 1 aromatic rings. The van der Waals surface area contributed by atoms with Gasteiger partial charge in [0.2, 0.25) is 11.8 Å². The first kappa shape index (κ1) is 18.1. The zero-order valence-corrected chi connectivity index (χ0v) is 15.8. The largest absolute Gasteiger partial charge is 0.322 e. The van der Waals surface area contributed by atoms with Crippen molar-refractivity contribution in [1.82, 2.24) is 20.4 Å². The van der Waals surface area contributed by atoms with E-state index >= 15 is 0 Å². The van der Waals surface area contributed by atoms with Crippen LogP contribution in [0.5, 0.6) is 0 Å². The van der Waals surface area contributed by atoms with E-state index in [-0.39, 0.29) is 24.1 Å². The summed E-state index contributed by atoms with van der Waals surface area (Å²) in [5.41, 5.74) is 2.76. The molecular formula is C20H26N4O3. The minimum absolute atomic E-state index is 0.108. The van der Waals surface area contributed by atoms with Crippen LogP contribution in [-0.4, -0.2) is 58.7 Å². The van der Waals surface area contributed by atoms with E-state index in [2.05, 4.69) is 35.4 Å². The summed E-state index contributed by atoms with van der Waals surface area (Å²) in [6, 6.07) is 6.42. The summed E-state index contributed by atoms with van der Waals surface area (Å²) in [4.78, 5) is 40.5. The minimum atomic E-state index is -0.555. The Hall–Kier alpha value is -2.25. The van der Waals surface area contributed by atoms with E-state index < -0.39 is 6.04 Å². The number of fused-ring (bicyclic) bond motifs is 1. The van der Waals surface area contributed by atoms with Crippen molar-refractivity contribution in [3.05, 3.63) is 34.9 Å². The quantitative estimate of drug-likeness (QED) is 0.763. The van der Waals surface area contributed by atoms with Crippen molar-refractivity contribution < 1.29 is 14.4 Å². The van der Waals surface area contributed by atoms with Crippen molar-refractivity contribution in [1.29, 1.82) is 0 Å². The molecule has 0 bridgehead atoms. The van der Waals surface area contributed by atoms with Crippen LogP contribution < -0.4 is 10.6 Å². The van der Waals surface area contributed by atoms with E-state index in [1.807, 2.05) is 12.1 Å². The van der Waals surface area contributed by atoms with Gasteiger partial charge in [0.05, 0.1) is 0 Å². The molecule has 2 N–H and O–H groups in total. The molecule has 1 aromatic carbocycles. The van der Waals surface area contributed by atoms with Crippen LogP contribution in [0.4, 0.5) is 0 Å². The van der Waals surface area contributed by atoms with Crippen LogP contribution in [0.25, 0.3) is 0 Å². The topological polar surface area (TPSA) is 81.8 Å². The summed E-state index contributed by atoms with van der Waals surface area (Å²) in [7, 11) is 0. The second-order valence-corrected chi connectivity index (χ2v) is 7.98. The second-order valence-electron chi connectivity index (χ2n) is 7.98. The molecule has 27 heavy (non-hydrogen) atoms. The van der Waals surface area contributed by atoms with Gasteiger partial charge in [0.1, 0.15) is 6.04 Å². The highest BCUT2D eigenvalue weighted by molar-refractivity contribution is 6.05. The fourth-order valence-electron chi connectivity index (χ4n) is 4.25. The van der Waals surface area contributed by atoms with E-state index in [0.717, 1.165) is 30.8 Å². The van der Waals surface area contributed by atoms with Crippen LogP contribution >= 0.6 is 0 Å². The number of imide groups is 1. The van der Waals surface area contributed by atoms with Crippen LogP contribution in [0.2, 0.25) is 0 Å². The van der Waals surface area contributed by atoms with E-state index in [4.69, 9.17) is 0 Å². The zero-order valence-electron chi connectivity index (χ0n) is 15.8. The molecule has 3 unspecified atom stereocenters. The maximum atomic E-state index is 12.9. The Balaban J connectivity index is 1.50. The molecule has 2 saturated heterocycles. The van der Waals surface area contributed by atoms with Crippen LogP contribution in [0, 0.1) is 0 Å². The monoisotopic (exact) mass is 370 g/mol. The molecule has 2 fully saturated rings. The number of hydrogen-bond donors (Lipinski definition) is 2. The Morgan fingerprint density at radius 1 is 1.19 bits per heavy atom. The highest BCUT2D eigenvalue weighted by Gasteiger charge is 2.39. The van der Waals surface area contributed by atoms with Gasteiger partial charge in [-0.2, -0.15) is 0 Å². The molecule has 3 atom stereocenters. The number of benzene rings is 1. The smallest absolute Gasteiger partial charge is 0.255 e. The molecular weight excluding hydrogens is 344 g/mol.